The van der Waals surface area contributed by atoms with E-state index in [0.717, 1.165) is 6.29 Å². The lowest BCUT2D eigenvalue weighted by Gasteiger charge is -2.02. The van der Waals surface area contributed by atoms with E-state index in [9.17, 15) is 9.59 Å². The standard InChI is InChI=1S/C11H9N3O2/c15-7-8-1-3-9(4-2-8)13-11(16)10-5-6-12-14-10/h1-7H,(H,12,14)(H,13,16). The molecule has 2 aromatic rings. The number of rotatable bonds is 3. The molecule has 2 N–H and O–H groups in total. The van der Waals surface area contributed by atoms with Crippen molar-refractivity contribution in [1.82, 2.24) is 10.2 Å². The van der Waals surface area contributed by atoms with Crippen molar-refractivity contribution >= 4 is 17.9 Å². The van der Waals surface area contributed by atoms with Gasteiger partial charge in [0.15, 0.2) is 0 Å². The minimum atomic E-state index is -0.267. The molecule has 0 unspecified atom stereocenters. The molecule has 0 saturated heterocycles. The number of nitrogens with one attached hydrogen (secondary N) is 2. The minimum absolute atomic E-state index is 0.267. The first kappa shape index (κ1) is 10.1. The molecule has 5 heteroatoms. The highest BCUT2D eigenvalue weighted by molar-refractivity contribution is 6.02. The van der Waals surface area contributed by atoms with Crippen LogP contribution in [0.5, 0.6) is 0 Å². The number of carbonyl (C=O) groups excluding carboxylic acids is 2. The third kappa shape index (κ3) is 2.14. The van der Waals surface area contributed by atoms with Crippen LogP contribution < -0.4 is 5.32 Å². The van der Waals surface area contributed by atoms with Crippen LogP contribution in [0, 0.1) is 0 Å². The fourth-order valence-electron chi connectivity index (χ4n) is 1.23. The summed E-state index contributed by atoms with van der Waals surface area (Å²) >= 11 is 0. The Bertz CT molecular complexity index is 488. The van der Waals surface area contributed by atoms with Gasteiger partial charge in [-0.3, -0.25) is 14.7 Å². The molecule has 16 heavy (non-hydrogen) atoms. The first-order valence-corrected chi connectivity index (χ1v) is 4.65. The van der Waals surface area contributed by atoms with Gasteiger partial charge in [-0.1, -0.05) is 0 Å². The van der Waals surface area contributed by atoms with Gasteiger partial charge in [0.25, 0.3) is 5.91 Å². The van der Waals surface area contributed by atoms with Crippen LogP contribution in [0.15, 0.2) is 36.5 Å². The fraction of sp³-hybridized carbons (Fsp3) is 0. The number of benzene rings is 1. The lowest BCUT2D eigenvalue weighted by atomic mass is 10.2. The average molecular weight is 215 g/mol. The highest BCUT2D eigenvalue weighted by Crippen LogP contribution is 2.09. The summed E-state index contributed by atoms with van der Waals surface area (Å²) in [5.41, 5.74) is 1.59. The predicted molar refractivity (Wildman–Crippen MR) is 58.4 cm³/mol. The Morgan fingerprint density at radius 3 is 2.56 bits per heavy atom. The van der Waals surface area contributed by atoms with Crippen molar-refractivity contribution < 1.29 is 9.59 Å². The van der Waals surface area contributed by atoms with E-state index in [4.69, 9.17) is 0 Å². The molecule has 0 aliphatic carbocycles. The summed E-state index contributed by atoms with van der Waals surface area (Å²) in [4.78, 5) is 22.0. The molecule has 0 aliphatic heterocycles. The van der Waals surface area contributed by atoms with Crippen molar-refractivity contribution in [3.63, 3.8) is 0 Å². The molecule has 0 saturated carbocycles. The molecular formula is C11H9N3O2. The number of aldehydes is 1. The molecule has 0 radical (unpaired) electrons. The Kier molecular flexibility index (Phi) is 2.77. The van der Waals surface area contributed by atoms with Gasteiger partial charge in [-0.05, 0) is 30.3 Å². The monoisotopic (exact) mass is 215 g/mol. The number of carbonyl (C=O) groups is 2. The van der Waals surface area contributed by atoms with E-state index in [-0.39, 0.29) is 5.91 Å². The number of anilines is 1. The second kappa shape index (κ2) is 4.39. The molecule has 5 nitrogen and oxygen atoms in total. The summed E-state index contributed by atoms with van der Waals surface area (Å²) < 4.78 is 0. The van der Waals surface area contributed by atoms with Crippen molar-refractivity contribution in [3.8, 4) is 0 Å². The normalized spacial score (nSPS) is 9.75. The Morgan fingerprint density at radius 1 is 1.25 bits per heavy atom. The van der Waals surface area contributed by atoms with Gasteiger partial charge in [0.1, 0.15) is 12.0 Å². The summed E-state index contributed by atoms with van der Waals surface area (Å²) in [5.74, 6) is -0.267. The van der Waals surface area contributed by atoms with Crippen LogP contribution in [-0.2, 0) is 0 Å². The van der Waals surface area contributed by atoms with Crippen LogP contribution in [0.25, 0.3) is 0 Å². The molecule has 1 aromatic heterocycles. The average Bonchev–Trinajstić information content (AvgIpc) is 2.83. The number of amides is 1. The number of aromatic nitrogens is 2. The van der Waals surface area contributed by atoms with E-state index in [0.29, 0.717) is 16.9 Å². The summed E-state index contributed by atoms with van der Waals surface area (Å²) in [6.45, 7) is 0. The summed E-state index contributed by atoms with van der Waals surface area (Å²) in [6, 6.07) is 8.18. The Hall–Kier alpha value is -2.43. The molecule has 0 bridgehead atoms. The second-order valence-corrected chi connectivity index (χ2v) is 3.16. The summed E-state index contributed by atoms with van der Waals surface area (Å²) in [6.07, 6.45) is 2.25. The zero-order chi connectivity index (χ0) is 11.4. The first-order valence-electron chi connectivity index (χ1n) is 4.65. The number of hydrogen-bond acceptors (Lipinski definition) is 3. The van der Waals surface area contributed by atoms with Gasteiger partial charge in [0, 0.05) is 17.4 Å². The van der Waals surface area contributed by atoms with Crippen LogP contribution >= 0.6 is 0 Å². The van der Waals surface area contributed by atoms with Gasteiger partial charge in [0.2, 0.25) is 0 Å². The van der Waals surface area contributed by atoms with Crippen LogP contribution in [0.1, 0.15) is 20.8 Å². The third-order valence-electron chi connectivity index (χ3n) is 2.05. The van der Waals surface area contributed by atoms with Crippen LogP contribution in [0.4, 0.5) is 5.69 Å². The van der Waals surface area contributed by atoms with Gasteiger partial charge in [-0.25, -0.2) is 0 Å². The molecular weight excluding hydrogens is 206 g/mol. The molecule has 1 heterocycles. The molecule has 2 rings (SSSR count). The Morgan fingerprint density at radius 2 is 2.00 bits per heavy atom. The number of H-pyrrole nitrogens is 1. The van der Waals surface area contributed by atoms with Crippen molar-refractivity contribution in [2.24, 2.45) is 0 Å². The Labute approximate surface area is 91.5 Å². The predicted octanol–water partition coefficient (Wildman–Crippen LogP) is 1.47. The van der Waals surface area contributed by atoms with Crippen molar-refractivity contribution in [2.75, 3.05) is 5.32 Å². The van der Waals surface area contributed by atoms with Crippen molar-refractivity contribution in [2.45, 2.75) is 0 Å². The fourth-order valence-corrected chi connectivity index (χ4v) is 1.23. The van der Waals surface area contributed by atoms with Gasteiger partial charge in [-0.2, -0.15) is 5.10 Å². The number of aromatic amines is 1. The Balaban J connectivity index is 2.09. The number of hydrogen-bond donors (Lipinski definition) is 2. The quantitative estimate of drug-likeness (QED) is 0.761. The number of nitrogens with zero attached hydrogens (tertiary/aromatic N) is 1. The first-order chi connectivity index (χ1) is 7.79. The maximum absolute atomic E-state index is 11.6. The summed E-state index contributed by atoms with van der Waals surface area (Å²) in [7, 11) is 0. The maximum atomic E-state index is 11.6. The largest absolute Gasteiger partial charge is 0.321 e. The third-order valence-corrected chi connectivity index (χ3v) is 2.05. The van der Waals surface area contributed by atoms with Gasteiger partial charge in [0.05, 0.1) is 0 Å². The van der Waals surface area contributed by atoms with Gasteiger partial charge in [-0.15, -0.1) is 0 Å². The van der Waals surface area contributed by atoms with E-state index >= 15 is 0 Å². The van der Waals surface area contributed by atoms with E-state index < -0.39 is 0 Å². The SMILES string of the molecule is O=Cc1ccc(NC(=O)c2ccn[nH]2)cc1. The molecule has 0 atom stereocenters. The molecule has 0 fully saturated rings. The van der Waals surface area contributed by atoms with Crippen LogP contribution in [0.3, 0.4) is 0 Å². The molecule has 80 valence electrons. The zero-order valence-corrected chi connectivity index (χ0v) is 8.31. The molecule has 0 spiro atoms. The minimum Gasteiger partial charge on any atom is -0.321 e. The maximum Gasteiger partial charge on any atom is 0.273 e. The zero-order valence-electron chi connectivity index (χ0n) is 8.31. The van der Waals surface area contributed by atoms with E-state index in [2.05, 4.69) is 15.5 Å². The smallest absolute Gasteiger partial charge is 0.273 e. The van der Waals surface area contributed by atoms with Crippen molar-refractivity contribution in [1.29, 1.82) is 0 Å². The van der Waals surface area contributed by atoms with E-state index in [1.54, 1.807) is 30.3 Å². The molecule has 1 amide bonds. The lowest BCUT2D eigenvalue weighted by molar-refractivity contribution is 0.102. The lowest BCUT2D eigenvalue weighted by Crippen LogP contribution is -2.12. The highest BCUT2D eigenvalue weighted by Gasteiger charge is 2.06. The van der Waals surface area contributed by atoms with E-state index in [1.165, 1.54) is 6.20 Å². The van der Waals surface area contributed by atoms with Crippen LogP contribution in [0.2, 0.25) is 0 Å². The second-order valence-electron chi connectivity index (χ2n) is 3.16. The summed E-state index contributed by atoms with van der Waals surface area (Å²) in [5, 5.41) is 8.91. The molecule has 0 aliphatic rings. The highest BCUT2D eigenvalue weighted by atomic mass is 16.2. The van der Waals surface area contributed by atoms with Gasteiger partial charge < -0.3 is 5.32 Å². The molecule has 1 aromatic carbocycles. The van der Waals surface area contributed by atoms with Crippen LogP contribution in [-0.4, -0.2) is 22.4 Å². The topological polar surface area (TPSA) is 74.8 Å². The van der Waals surface area contributed by atoms with E-state index in [1.807, 2.05) is 0 Å². The van der Waals surface area contributed by atoms with Crippen molar-refractivity contribution in [3.05, 3.63) is 47.8 Å². The van der Waals surface area contributed by atoms with Gasteiger partial charge >= 0.3 is 0 Å².